The summed E-state index contributed by atoms with van der Waals surface area (Å²) in [4.78, 5) is 14.9. The Morgan fingerprint density at radius 3 is 2.69 bits per heavy atom. The molecule has 2 aromatic rings. The number of amides is 2. The molecule has 0 spiro atoms. The van der Waals surface area contributed by atoms with Gasteiger partial charge >= 0.3 is 6.03 Å². The molecule has 0 aromatic heterocycles. The summed E-state index contributed by atoms with van der Waals surface area (Å²) in [7, 11) is 0. The van der Waals surface area contributed by atoms with Gasteiger partial charge < -0.3 is 15.5 Å². The number of nitrogens with one attached hydrogen (secondary N) is 2. The normalized spacial score (nSPS) is 19.5. The molecule has 4 rings (SSSR count). The van der Waals surface area contributed by atoms with Gasteiger partial charge in [-0.05, 0) is 67.9 Å². The van der Waals surface area contributed by atoms with Gasteiger partial charge in [-0.1, -0.05) is 30.3 Å². The van der Waals surface area contributed by atoms with Gasteiger partial charge in [-0.15, -0.1) is 0 Å². The highest BCUT2D eigenvalue weighted by Gasteiger charge is 2.21. The number of carbonyl (C=O) groups excluding carboxylic acids is 1. The lowest BCUT2D eigenvalue weighted by molar-refractivity contribution is 0.247. The summed E-state index contributed by atoms with van der Waals surface area (Å²) >= 11 is 0. The van der Waals surface area contributed by atoms with Crippen molar-refractivity contribution in [3.63, 3.8) is 0 Å². The second kappa shape index (κ2) is 7.81. The van der Waals surface area contributed by atoms with Crippen LogP contribution in [0.2, 0.25) is 0 Å². The average Bonchev–Trinajstić information content (AvgIpc) is 2.69. The van der Waals surface area contributed by atoms with E-state index >= 15 is 0 Å². The molecule has 26 heavy (non-hydrogen) atoms. The lowest BCUT2D eigenvalue weighted by Gasteiger charge is -2.29. The van der Waals surface area contributed by atoms with Crippen LogP contribution in [-0.4, -0.2) is 19.1 Å². The molecule has 1 fully saturated rings. The van der Waals surface area contributed by atoms with E-state index < -0.39 is 0 Å². The van der Waals surface area contributed by atoms with Crippen molar-refractivity contribution in [2.75, 3.05) is 23.3 Å². The number of hydrogen-bond donors (Lipinski definition) is 2. The molecule has 0 radical (unpaired) electrons. The molecule has 136 valence electrons. The van der Waals surface area contributed by atoms with E-state index in [9.17, 15) is 4.79 Å². The van der Waals surface area contributed by atoms with Gasteiger partial charge in [-0.3, -0.25) is 0 Å². The second-order valence-corrected chi connectivity index (χ2v) is 7.34. The maximum Gasteiger partial charge on any atom is 0.319 e. The van der Waals surface area contributed by atoms with Crippen LogP contribution in [0.25, 0.3) is 0 Å². The molecule has 0 unspecified atom stereocenters. The van der Waals surface area contributed by atoms with E-state index in [0.29, 0.717) is 0 Å². The van der Waals surface area contributed by atoms with Crippen molar-refractivity contribution in [3.05, 3.63) is 59.7 Å². The number of piperidine rings is 1. The summed E-state index contributed by atoms with van der Waals surface area (Å²) in [6, 6.07) is 16.6. The maximum absolute atomic E-state index is 12.5. The molecule has 2 amide bonds. The number of benzene rings is 2. The van der Waals surface area contributed by atoms with Crippen molar-refractivity contribution in [1.29, 1.82) is 0 Å². The Morgan fingerprint density at radius 2 is 1.81 bits per heavy atom. The summed E-state index contributed by atoms with van der Waals surface area (Å²) in [5.74, 6) is 0. The van der Waals surface area contributed by atoms with E-state index in [0.717, 1.165) is 38.0 Å². The van der Waals surface area contributed by atoms with Gasteiger partial charge in [0, 0.05) is 24.5 Å². The maximum atomic E-state index is 12.5. The summed E-state index contributed by atoms with van der Waals surface area (Å²) in [5, 5.41) is 6.18. The lowest BCUT2D eigenvalue weighted by atomic mass is 9.88. The third-order valence-corrected chi connectivity index (χ3v) is 5.50. The van der Waals surface area contributed by atoms with Gasteiger partial charge in [-0.2, -0.15) is 0 Å². The Balaban J connectivity index is 1.41. The van der Waals surface area contributed by atoms with E-state index in [2.05, 4.69) is 51.9 Å². The van der Waals surface area contributed by atoms with E-state index in [1.807, 2.05) is 12.1 Å². The molecule has 0 bridgehead atoms. The average molecular weight is 349 g/mol. The standard InChI is InChI=1S/C22H27N3O/c26-22(24-21-13-6-9-17-8-2-3-12-20(17)21)23-18-10-7-11-19(16-18)25-14-4-1-5-15-25/h2-3,7-8,10-12,16,21H,1,4-6,9,13-15H2,(H2,23,24,26)/t21-/m1/s1. The number of anilines is 2. The van der Waals surface area contributed by atoms with Crippen molar-refractivity contribution in [2.45, 2.75) is 44.6 Å². The molecule has 0 saturated carbocycles. The highest BCUT2D eigenvalue weighted by molar-refractivity contribution is 5.90. The topological polar surface area (TPSA) is 44.4 Å². The molecule has 1 aliphatic heterocycles. The Bertz CT molecular complexity index is 767. The largest absolute Gasteiger partial charge is 0.371 e. The van der Waals surface area contributed by atoms with Crippen molar-refractivity contribution < 1.29 is 4.79 Å². The first kappa shape index (κ1) is 17.0. The van der Waals surface area contributed by atoms with Gasteiger partial charge in [0.2, 0.25) is 0 Å². The fourth-order valence-electron chi connectivity index (χ4n) is 4.16. The zero-order valence-electron chi connectivity index (χ0n) is 15.2. The minimum absolute atomic E-state index is 0.102. The van der Waals surface area contributed by atoms with Crippen LogP contribution in [0.15, 0.2) is 48.5 Å². The minimum Gasteiger partial charge on any atom is -0.371 e. The van der Waals surface area contributed by atoms with Crippen molar-refractivity contribution in [3.8, 4) is 0 Å². The minimum atomic E-state index is -0.123. The Hall–Kier alpha value is -2.49. The van der Waals surface area contributed by atoms with Gasteiger partial charge in [0.25, 0.3) is 0 Å². The smallest absolute Gasteiger partial charge is 0.319 e. The van der Waals surface area contributed by atoms with Crippen LogP contribution in [0.3, 0.4) is 0 Å². The monoisotopic (exact) mass is 349 g/mol. The molecule has 4 heteroatoms. The third-order valence-electron chi connectivity index (χ3n) is 5.50. The summed E-state index contributed by atoms with van der Waals surface area (Å²) in [6.45, 7) is 2.21. The molecule has 2 aromatic carbocycles. The first-order valence-corrected chi connectivity index (χ1v) is 9.80. The molecule has 1 heterocycles. The fraction of sp³-hybridized carbons (Fsp3) is 0.409. The van der Waals surface area contributed by atoms with Gasteiger partial charge in [-0.25, -0.2) is 4.79 Å². The number of carbonyl (C=O) groups is 1. The number of fused-ring (bicyclic) bond motifs is 1. The van der Waals surface area contributed by atoms with Gasteiger partial charge in [0.05, 0.1) is 6.04 Å². The molecule has 2 aliphatic rings. The molecule has 2 N–H and O–H groups in total. The summed E-state index contributed by atoms with van der Waals surface area (Å²) in [6.07, 6.45) is 7.04. The summed E-state index contributed by atoms with van der Waals surface area (Å²) < 4.78 is 0. The first-order chi connectivity index (χ1) is 12.8. The van der Waals surface area contributed by atoms with E-state index in [-0.39, 0.29) is 12.1 Å². The number of rotatable bonds is 3. The van der Waals surface area contributed by atoms with Crippen LogP contribution in [0.4, 0.5) is 16.2 Å². The van der Waals surface area contributed by atoms with E-state index in [1.165, 1.54) is 36.1 Å². The highest BCUT2D eigenvalue weighted by atomic mass is 16.2. The molecule has 4 nitrogen and oxygen atoms in total. The SMILES string of the molecule is O=C(Nc1cccc(N2CCCCC2)c1)N[C@@H]1CCCc2ccccc21. The lowest BCUT2D eigenvalue weighted by Crippen LogP contribution is -2.34. The van der Waals surface area contributed by atoms with Crippen LogP contribution in [0.5, 0.6) is 0 Å². The van der Waals surface area contributed by atoms with Crippen molar-refractivity contribution >= 4 is 17.4 Å². The van der Waals surface area contributed by atoms with Crippen molar-refractivity contribution in [1.82, 2.24) is 5.32 Å². The van der Waals surface area contributed by atoms with E-state index in [4.69, 9.17) is 0 Å². The quantitative estimate of drug-likeness (QED) is 0.830. The Kier molecular flexibility index (Phi) is 5.09. The number of urea groups is 1. The van der Waals surface area contributed by atoms with Crippen LogP contribution >= 0.6 is 0 Å². The number of nitrogens with zero attached hydrogens (tertiary/aromatic N) is 1. The molecule has 1 saturated heterocycles. The predicted octanol–water partition coefficient (Wildman–Crippen LogP) is 4.88. The Labute approximate surface area is 155 Å². The zero-order chi connectivity index (χ0) is 17.8. The van der Waals surface area contributed by atoms with Gasteiger partial charge in [0.15, 0.2) is 0 Å². The zero-order valence-corrected chi connectivity index (χ0v) is 15.2. The van der Waals surface area contributed by atoms with E-state index in [1.54, 1.807) is 0 Å². The second-order valence-electron chi connectivity index (χ2n) is 7.34. The first-order valence-electron chi connectivity index (χ1n) is 9.80. The highest BCUT2D eigenvalue weighted by Crippen LogP contribution is 2.29. The van der Waals surface area contributed by atoms with Crippen LogP contribution < -0.4 is 15.5 Å². The fourth-order valence-corrected chi connectivity index (χ4v) is 4.16. The third kappa shape index (κ3) is 3.85. The van der Waals surface area contributed by atoms with Gasteiger partial charge in [0.1, 0.15) is 0 Å². The summed E-state index contributed by atoms with van der Waals surface area (Å²) in [5.41, 5.74) is 4.67. The number of aryl methyl sites for hydroxylation is 1. The Morgan fingerprint density at radius 1 is 0.962 bits per heavy atom. The van der Waals surface area contributed by atoms with Crippen LogP contribution in [0.1, 0.15) is 49.3 Å². The number of hydrogen-bond acceptors (Lipinski definition) is 2. The predicted molar refractivity (Wildman–Crippen MR) is 107 cm³/mol. The molecule has 1 aliphatic carbocycles. The van der Waals surface area contributed by atoms with Crippen LogP contribution in [0, 0.1) is 0 Å². The molecular formula is C22H27N3O. The molecule has 1 atom stereocenters. The molecular weight excluding hydrogens is 322 g/mol. The van der Waals surface area contributed by atoms with Crippen LogP contribution in [-0.2, 0) is 6.42 Å². The van der Waals surface area contributed by atoms with Crippen molar-refractivity contribution in [2.24, 2.45) is 0 Å².